The van der Waals surface area contributed by atoms with Gasteiger partial charge in [0.15, 0.2) is 9.84 Å². The van der Waals surface area contributed by atoms with Crippen LogP contribution in [-0.4, -0.2) is 52.3 Å². The first-order valence-corrected chi connectivity index (χ1v) is 10.8. The molecule has 0 saturated carbocycles. The van der Waals surface area contributed by atoms with Crippen LogP contribution in [0.2, 0.25) is 0 Å². The van der Waals surface area contributed by atoms with Gasteiger partial charge in [-0.05, 0) is 48.7 Å². The van der Waals surface area contributed by atoms with Crippen molar-refractivity contribution in [2.24, 2.45) is 5.92 Å². The van der Waals surface area contributed by atoms with Crippen molar-refractivity contribution < 1.29 is 13.2 Å². The van der Waals surface area contributed by atoms with Crippen molar-refractivity contribution in [1.82, 2.24) is 4.90 Å². The van der Waals surface area contributed by atoms with Gasteiger partial charge in [0, 0.05) is 44.3 Å². The molecule has 2 aromatic carbocycles. The highest BCUT2D eigenvalue weighted by Gasteiger charge is 2.25. The van der Waals surface area contributed by atoms with E-state index >= 15 is 0 Å². The Bertz CT molecular complexity index is 882. The second kappa shape index (κ2) is 8.00. The van der Waals surface area contributed by atoms with E-state index in [2.05, 4.69) is 22.3 Å². The van der Waals surface area contributed by atoms with E-state index in [9.17, 15) is 13.2 Å². The van der Waals surface area contributed by atoms with Crippen LogP contribution >= 0.6 is 0 Å². The average molecular weight is 388 g/mol. The normalized spacial score (nSPS) is 17.0. The van der Waals surface area contributed by atoms with Crippen molar-refractivity contribution in [3.8, 4) is 0 Å². The largest absolute Gasteiger partial charge is 0.371 e. The number of urea groups is 1. The molecule has 3 rings (SSSR count). The maximum atomic E-state index is 12.4. The van der Waals surface area contributed by atoms with Crippen molar-refractivity contribution in [2.45, 2.75) is 11.3 Å². The van der Waals surface area contributed by atoms with Crippen LogP contribution in [0.1, 0.15) is 6.42 Å². The Morgan fingerprint density at radius 3 is 2.44 bits per heavy atom. The molecule has 2 amide bonds. The second-order valence-corrected chi connectivity index (χ2v) is 9.06. The van der Waals surface area contributed by atoms with Gasteiger partial charge in [-0.2, -0.15) is 0 Å². The quantitative estimate of drug-likeness (QED) is 0.856. The average Bonchev–Trinajstić information content (AvgIpc) is 3.10. The molecule has 6 nitrogen and oxygen atoms in total. The summed E-state index contributed by atoms with van der Waals surface area (Å²) >= 11 is 0. The van der Waals surface area contributed by atoms with E-state index in [0.717, 1.165) is 25.8 Å². The van der Waals surface area contributed by atoms with E-state index in [0.29, 0.717) is 18.2 Å². The fraction of sp³-hybridized carbons (Fsp3) is 0.350. The van der Waals surface area contributed by atoms with Gasteiger partial charge >= 0.3 is 6.03 Å². The zero-order valence-corrected chi connectivity index (χ0v) is 16.4. The molecule has 0 bridgehead atoms. The molecular formula is C20H25N3O3S. The first kappa shape index (κ1) is 19.2. The van der Waals surface area contributed by atoms with E-state index < -0.39 is 9.84 Å². The fourth-order valence-corrected chi connectivity index (χ4v) is 3.96. The van der Waals surface area contributed by atoms with Crippen molar-refractivity contribution in [3.05, 3.63) is 54.6 Å². The number of benzene rings is 2. The Morgan fingerprint density at radius 2 is 1.81 bits per heavy atom. The Kier molecular flexibility index (Phi) is 5.70. The van der Waals surface area contributed by atoms with E-state index in [1.165, 1.54) is 17.8 Å². The predicted octanol–water partition coefficient (Wildman–Crippen LogP) is 3.08. The number of para-hydroxylation sites is 1. The molecule has 27 heavy (non-hydrogen) atoms. The maximum absolute atomic E-state index is 12.4. The van der Waals surface area contributed by atoms with Gasteiger partial charge in [-0.25, -0.2) is 13.2 Å². The molecule has 0 spiro atoms. The molecule has 1 aliphatic rings. The smallest absolute Gasteiger partial charge is 0.321 e. The summed E-state index contributed by atoms with van der Waals surface area (Å²) < 4.78 is 23.0. The van der Waals surface area contributed by atoms with Crippen molar-refractivity contribution in [1.29, 1.82) is 0 Å². The van der Waals surface area contributed by atoms with Gasteiger partial charge in [-0.3, -0.25) is 0 Å². The minimum absolute atomic E-state index is 0.194. The molecule has 0 aliphatic carbocycles. The van der Waals surface area contributed by atoms with Gasteiger partial charge in [0.05, 0.1) is 4.90 Å². The molecule has 144 valence electrons. The van der Waals surface area contributed by atoms with Gasteiger partial charge in [0.2, 0.25) is 0 Å². The van der Waals surface area contributed by atoms with Gasteiger partial charge < -0.3 is 15.1 Å². The highest BCUT2D eigenvalue weighted by Crippen LogP contribution is 2.24. The van der Waals surface area contributed by atoms with Crippen LogP contribution in [0.5, 0.6) is 0 Å². The van der Waals surface area contributed by atoms with Crippen molar-refractivity contribution in [2.75, 3.05) is 43.2 Å². The predicted molar refractivity (Wildman–Crippen MR) is 108 cm³/mol. The molecule has 1 fully saturated rings. The van der Waals surface area contributed by atoms with Gasteiger partial charge in [0.1, 0.15) is 0 Å². The number of nitrogens with zero attached hydrogens (tertiary/aromatic N) is 2. The van der Waals surface area contributed by atoms with Crippen LogP contribution in [0.3, 0.4) is 0 Å². The van der Waals surface area contributed by atoms with Crippen LogP contribution in [0.4, 0.5) is 16.2 Å². The Morgan fingerprint density at radius 1 is 1.15 bits per heavy atom. The first-order chi connectivity index (χ1) is 12.8. The number of carbonyl (C=O) groups excluding carboxylic acids is 1. The van der Waals surface area contributed by atoms with Crippen LogP contribution in [0.25, 0.3) is 0 Å². The molecule has 1 unspecified atom stereocenters. The molecule has 1 atom stereocenters. The third kappa shape index (κ3) is 5.01. The fourth-order valence-electron chi connectivity index (χ4n) is 3.33. The molecule has 1 heterocycles. The Labute approximate surface area is 160 Å². The van der Waals surface area contributed by atoms with E-state index in [1.54, 1.807) is 24.1 Å². The number of rotatable bonds is 5. The van der Waals surface area contributed by atoms with Gasteiger partial charge in [-0.1, -0.05) is 18.2 Å². The third-order valence-corrected chi connectivity index (χ3v) is 5.95. The minimum Gasteiger partial charge on any atom is -0.371 e. The highest BCUT2D eigenvalue weighted by atomic mass is 32.2. The molecule has 1 saturated heterocycles. The maximum Gasteiger partial charge on any atom is 0.321 e. The molecule has 1 aliphatic heterocycles. The summed E-state index contributed by atoms with van der Waals surface area (Å²) in [6, 6.07) is 16.3. The SMILES string of the molecule is CN(CC1CCN(c2ccccc2)C1)C(=O)Nc1ccc(S(C)(=O)=O)cc1. The summed E-state index contributed by atoms with van der Waals surface area (Å²) in [4.78, 5) is 16.7. The monoisotopic (exact) mass is 387 g/mol. The Hall–Kier alpha value is -2.54. The molecule has 7 heteroatoms. The van der Waals surface area contributed by atoms with Crippen LogP contribution in [0.15, 0.2) is 59.5 Å². The summed E-state index contributed by atoms with van der Waals surface area (Å²) in [5.74, 6) is 0.425. The molecule has 0 radical (unpaired) electrons. The minimum atomic E-state index is -3.24. The third-order valence-electron chi connectivity index (χ3n) is 4.82. The standard InChI is InChI=1S/C20H25N3O3S/c1-22(14-16-12-13-23(15-16)18-6-4-3-5-7-18)20(24)21-17-8-10-19(11-9-17)27(2,25)26/h3-11,16H,12-15H2,1-2H3,(H,21,24). The molecule has 0 aromatic heterocycles. The molecule has 2 aromatic rings. The number of carbonyl (C=O) groups is 1. The number of nitrogens with one attached hydrogen (secondary N) is 1. The number of hydrogen-bond acceptors (Lipinski definition) is 4. The summed E-state index contributed by atoms with van der Waals surface area (Å²) in [6.45, 7) is 2.61. The summed E-state index contributed by atoms with van der Waals surface area (Å²) in [7, 11) is -1.45. The lowest BCUT2D eigenvalue weighted by Gasteiger charge is -2.23. The molecule has 1 N–H and O–H groups in total. The number of sulfone groups is 1. The Balaban J connectivity index is 1.52. The second-order valence-electron chi connectivity index (χ2n) is 7.04. The number of amides is 2. The van der Waals surface area contributed by atoms with Crippen molar-refractivity contribution in [3.63, 3.8) is 0 Å². The lowest BCUT2D eigenvalue weighted by Crippen LogP contribution is -2.36. The number of hydrogen-bond donors (Lipinski definition) is 1. The lowest BCUT2D eigenvalue weighted by atomic mass is 10.1. The van der Waals surface area contributed by atoms with Gasteiger partial charge in [-0.15, -0.1) is 0 Å². The zero-order chi connectivity index (χ0) is 19.4. The molecular weight excluding hydrogens is 362 g/mol. The topological polar surface area (TPSA) is 69.7 Å². The first-order valence-electron chi connectivity index (χ1n) is 8.95. The van der Waals surface area contributed by atoms with Crippen molar-refractivity contribution >= 4 is 27.2 Å². The van der Waals surface area contributed by atoms with Crippen LogP contribution in [-0.2, 0) is 9.84 Å². The highest BCUT2D eigenvalue weighted by molar-refractivity contribution is 7.90. The summed E-state index contributed by atoms with van der Waals surface area (Å²) in [6.07, 6.45) is 2.21. The van der Waals surface area contributed by atoms with E-state index in [4.69, 9.17) is 0 Å². The van der Waals surface area contributed by atoms with Crippen LogP contribution in [0, 0.1) is 5.92 Å². The lowest BCUT2D eigenvalue weighted by molar-refractivity contribution is 0.215. The van der Waals surface area contributed by atoms with Gasteiger partial charge in [0.25, 0.3) is 0 Å². The van der Waals surface area contributed by atoms with Crippen LogP contribution < -0.4 is 10.2 Å². The number of anilines is 2. The summed E-state index contributed by atoms with van der Waals surface area (Å²) in [5, 5.41) is 2.82. The summed E-state index contributed by atoms with van der Waals surface area (Å²) in [5.41, 5.74) is 1.80. The van der Waals surface area contributed by atoms with E-state index in [1.807, 2.05) is 18.2 Å². The zero-order valence-electron chi connectivity index (χ0n) is 15.6. The van der Waals surface area contributed by atoms with E-state index in [-0.39, 0.29) is 10.9 Å².